The van der Waals surface area contributed by atoms with E-state index in [4.69, 9.17) is 21.1 Å². The van der Waals surface area contributed by atoms with Gasteiger partial charge in [-0.1, -0.05) is 27.5 Å². The van der Waals surface area contributed by atoms with E-state index in [-0.39, 0.29) is 17.1 Å². The van der Waals surface area contributed by atoms with Crippen molar-refractivity contribution in [3.05, 3.63) is 104 Å². The molecule has 0 aliphatic carbocycles. The zero-order valence-corrected chi connectivity index (χ0v) is 23.5. The molecule has 0 fully saturated rings. The highest BCUT2D eigenvalue weighted by Gasteiger charge is 2.37. The third-order valence-corrected chi connectivity index (χ3v) is 6.71. The summed E-state index contributed by atoms with van der Waals surface area (Å²) in [5.41, 5.74) is -2.45. The molecule has 2 heterocycles. The topological polar surface area (TPSA) is 121 Å². The van der Waals surface area contributed by atoms with Crippen LogP contribution >= 0.6 is 27.5 Å². The molecule has 10 nitrogen and oxygen atoms in total. The van der Waals surface area contributed by atoms with Gasteiger partial charge in [-0.25, -0.2) is 9.50 Å². The van der Waals surface area contributed by atoms with Gasteiger partial charge in [0.15, 0.2) is 17.0 Å². The Kier molecular flexibility index (Phi) is 7.75. The van der Waals surface area contributed by atoms with Gasteiger partial charge in [0.05, 0.1) is 29.5 Å². The number of non-ortho nitro benzene ring substituents is 1. The van der Waals surface area contributed by atoms with Crippen molar-refractivity contribution in [3.8, 4) is 28.5 Å². The van der Waals surface area contributed by atoms with Gasteiger partial charge in [-0.2, -0.15) is 18.3 Å². The number of nitrogens with zero attached hydrogens (tertiary/aromatic N) is 4. The van der Waals surface area contributed by atoms with E-state index < -0.39 is 44.8 Å². The van der Waals surface area contributed by atoms with Crippen molar-refractivity contribution in [2.24, 2.45) is 0 Å². The Morgan fingerprint density at radius 3 is 2.31 bits per heavy atom. The smallest absolute Gasteiger partial charge is 0.433 e. The number of rotatable bonds is 7. The van der Waals surface area contributed by atoms with Crippen LogP contribution in [0, 0.1) is 10.1 Å². The first-order valence-corrected chi connectivity index (χ1v) is 12.9. The van der Waals surface area contributed by atoms with Gasteiger partial charge in [-0.15, -0.1) is 0 Å². The first-order chi connectivity index (χ1) is 19.9. The third-order valence-electron chi connectivity index (χ3n) is 5.83. The second-order valence-corrected chi connectivity index (χ2v) is 9.93. The molecule has 0 aliphatic heterocycles. The molecule has 42 heavy (non-hydrogen) atoms. The maximum atomic E-state index is 14.1. The number of benzene rings is 3. The van der Waals surface area contributed by atoms with Gasteiger partial charge in [-0.3, -0.25) is 14.9 Å². The molecule has 1 N–H and O–H groups in total. The van der Waals surface area contributed by atoms with Crippen LogP contribution in [0.4, 0.5) is 24.5 Å². The number of nitro groups is 1. The first kappa shape index (κ1) is 28.8. The summed E-state index contributed by atoms with van der Waals surface area (Å²) in [6, 6.07) is 17.1. The van der Waals surface area contributed by atoms with E-state index in [0.717, 1.165) is 22.7 Å². The standard InChI is InChI=1S/C27H16BrClF3N5O5/c1-41-18-6-2-14(3-7-18)21-13-22(27(30,31)32)36-25(34-21)23(29)24(35-36)26(38)33-16-10-17(37(39)40)12-20(11-16)42-19-8-4-15(28)5-9-19/h2-13H,1H3,(H,33,38). The van der Waals surface area contributed by atoms with Gasteiger partial charge in [0.1, 0.15) is 22.3 Å². The maximum absolute atomic E-state index is 14.1. The van der Waals surface area contributed by atoms with Crippen LogP contribution in [0.15, 0.2) is 77.3 Å². The number of nitrogens with one attached hydrogen (secondary N) is 1. The van der Waals surface area contributed by atoms with Crippen LogP contribution in [-0.2, 0) is 6.18 Å². The van der Waals surface area contributed by atoms with Crippen molar-refractivity contribution in [1.29, 1.82) is 0 Å². The first-order valence-electron chi connectivity index (χ1n) is 11.8. The number of ether oxygens (including phenoxy) is 2. The summed E-state index contributed by atoms with van der Waals surface area (Å²) in [6.07, 6.45) is -4.88. The van der Waals surface area contributed by atoms with Gasteiger partial charge >= 0.3 is 6.18 Å². The molecule has 0 saturated heterocycles. The number of amides is 1. The molecule has 5 rings (SSSR count). The van der Waals surface area contributed by atoms with Crippen LogP contribution in [0.5, 0.6) is 17.2 Å². The summed E-state index contributed by atoms with van der Waals surface area (Å²) < 4.78 is 54.1. The Hall–Kier alpha value is -4.69. The van der Waals surface area contributed by atoms with E-state index in [0.29, 0.717) is 21.6 Å². The number of anilines is 1. The number of hydrogen-bond acceptors (Lipinski definition) is 7. The van der Waals surface area contributed by atoms with Crippen molar-refractivity contribution in [2.45, 2.75) is 6.18 Å². The van der Waals surface area contributed by atoms with Crippen molar-refractivity contribution in [2.75, 3.05) is 12.4 Å². The van der Waals surface area contributed by atoms with Gasteiger partial charge < -0.3 is 14.8 Å². The molecule has 0 unspecified atom stereocenters. The number of aromatic nitrogens is 3. The molecule has 214 valence electrons. The van der Waals surface area contributed by atoms with Crippen LogP contribution in [0.25, 0.3) is 16.9 Å². The van der Waals surface area contributed by atoms with E-state index in [1.54, 1.807) is 36.4 Å². The van der Waals surface area contributed by atoms with E-state index in [9.17, 15) is 28.1 Å². The monoisotopic (exact) mass is 661 g/mol. The van der Waals surface area contributed by atoms with Gasteiger partial charge in [-0.05, 0) is 54.6 Å². The van der Waals surface area contributed by atoms with E-state index in [1.165, 1.54) is 25.3 Å². The highest BCUT2D eigenvalue weighted by Crippen LogP contribution is 2.36. The van der Waals surface area contributed by atoms with E-state index in [2.05, 4.69) is 31.3 Å². The molecule has 1 amide bonds. The fourth-order valence-electron chi connectivity index (χ4n) is 3.90. The summed E-state index contributed by atoms with van der Waals surface area (Å²) in [5.74, 6) is -0.158. The lowest BCUT2D eigenvalue weighted by molar-refractivity contribution is -0.384. The highest BCUT2D eigenvalue weighted by atomic mass is 79.9. The molecular weight excluding hydrogens is 647 g/mol. The zero-order chi connectivity index (χ0) is 30.2. The van der Waals surface area contributed by atoms with E-state index in [1.807, 2.05) is 0 Å². The van der Waals surface area contributed by atoms with Crippen molar-refractivity contribution < 1.29 is 32.4 Å². The number of alkyl halides is 3. The predicted octanol–water partition coefficient (Wildman–Crippen LogP) is 7.79. The molecule has 3 aromatic carbocycles. The second kappa shape index (κ2) is 11.3. The maximum Gasteiger partial charge on any atom is 0.433 e. The fraction of sp³-hybridized carbons (Fsp3) is 0.0741. The van der Waals surface area contributed by atoms with Gasteiger partial charge in [0.2, 0.25) is 0 Å². The molecule has 2 aromatic heterocycles. The Morgan fingerprint density at radius 1 is 1.02 bits per heavy atom. The summed E-state index contributed by atoms with van der Waals surface area (Å²) in [5, 5.41) is 17.3. The minimum absolute atomic E-state index is 0.0214. The molecule has 0 radical (unpaired) electrons. The second-order valence-electron chi connectivity index (χ2n) is 8.63. The van der Waals surface area contributed by atoms with Crippen LogP contribution in [0.3, 0.4) is 0 Å². The number of methoxy groups -OCH3 is 1. The average Bonchev–Trinajstić information content (AvgIpc) is 3.29. The molecule has 15 heteroatoms. The highest BCUT2D eigenvalue weighted by molar-refractivity contribution is 9.10. The lowest BCUT2D eigenvalue weighted by Gasteiger charge is -2.11. The largest absolute Gasteiger partial charge is 0.497 e. The van der Waals surface area contributed by atoms with Crippen LogP contribution < -0.4 is 14.8 Å². The Balaban J connectivity index is 1.53. The SMILES string of the molecule is COc1ccc(-c2cc(C(F)(F)F)n3nc(C(=O)Nc4cc(Oc5ccc(Br)cc5)cc([N+](=O)[O-])c4)c(Cl)c3n2)cc1. The van der Waals surface area contributed by atoms with Crippen LogP contribution in [0.1, 0.15) is 16.2 Å². The number of nitro benzene ring substituents is 1. The lowest BCUT2D eigenvalue weighted by atomic mass is 10.1. The van der Waals surface area contributed by atoms with Crippen LogP contribution in [-0.4, -0.2) is 32.5 Å². The van der Waals surface area contributed by atoms with Crippen molar-refractivity contribution >= 4 is 50.5 Å². The molecule has 0 saturated carbocycles. The van der Waals surface area contributed by atoms with Gasteiger partial charge in [0.25, 0.3) is 11.6 Å². The Labute approximate surface area is 247 Å². The zero-order valence-electron chi connectivity index (χ0n) is 21.1. The van der Waals surface area contributed by atoms with Crippen LogP contribution in [0.2, 0.25) is 5.02 Å². The minimum Gasteiger partial charge on any atom is -0.497 e. The fourth-order valence-corrected chi connectivity index (χ4v) is 4.41. The Morgan fingerprint density at radius 2 is 1.69 bits per heavy atom. The molecule has 0 aliphatic rings. The number of carbonyl (C=O) groups excluding carboxylic acids is 1. The number of hydrogen-bond donors (Lipinski definition) is 1. The average molecular weight is 663 g/mol. The predicted molar refractivity (Wildman–Crippen MR) is 150 cm³/mol. The molecule has 0 bridgehead atoms. The van der Waals surface area contributed by atoms with Crippen molar-refractivity contribution in [1.82, 2.24) is 14.6 Å². The minimum atomic E-state index is -4.88. The van der Waals surface area contributed by atoms with Gasteiger partial charge in [0, 0.05) is 22.2 Å². The van der Waals surface area contributed by atoms with E-state index >= 15 is 0 Å². The summed E-state index contributed by atoms with van der Waals surface area (Å²) >= 11 is 9.64. The third kappa shape index (κ3) is 5.99. The molecular formula is C27H16BrClF3N5O5. The number of carbonyl (C=O) groups is 1. The molecule has 0 spiro atoms. The lowest BCUT2D eigenvalue weighted by Crippen LogP contribution is -2.16. The number of fused-ring (bicyclic) bond motifs is 1. The summed E-state index contributed by atoms with van der Waals surface area (Å²) in [7, 11) is 1.45. The normalized spacial score (nSPS) is 11.4. The molecule has 0 atom stereocenters. The number of halogens is 5. The van der Waals surface area contributed by atoms with Crippen molar-refractivity contribution in [3.63, 3.8) is 0 Å². The summed E-state index contributed by atoms with van der Waals surface area (Å²) in [4.78, 5) is 28.2. The Bertz CT molecular complexity index is 1830. The summed E-state index contributed by atoms with van der Waals surface area (Å²) in [6.45, 7) is 0. The quantitative estimate of drug-likeness (QED) is 0.139. The molecule has 5 aromatic rings.